The van der Waals surface area contributed by atoms with Gasteiger partial charge in [-0.2, -0.15) is 0 Å². The molecule has 182 valence electrons. The Kier molecular flexibility index (Phi) is 5.87. The van der Waals surface area contributed by atoms with Crippen LogP contribution in [-0.2, 0) is 6.54 Å². The Morgan fingerprint density at radius 3 is 2.69 bits per heavy atom. The van der Waals surface area contributed by atoms with E-state index in [1.54, 1.807) is 18.2 Å². The molecule has 2 aliphatic rings. The minimum Gasteiger partial charge on any atom is -0.443 e. The number of amides is 2. The summed E-state index contributed by atoms with van der Waals surface area (Å²) in [4.78, 5) is 32.4. The third-order valence-electron chi connectivity index (χ3n) is 6.96. The molecule has 3 aromatic carbocycles. The number of anilines is 2. The molecule has 1 fully saturated rings. The van der Waals surface area contributed by atoms with Gasteiger partial charge in [0.15, 0.2) is 12.0 Å². The van der Waals surface area contributed by atoms with Crippen LogP contribution >= 0.6 is 0 Å². The molecular weight excluding hydrogens is 454 g/mol. The van der Waals surface area contributed by atoms with Gasteiger partial charge in [-0.3, -0.25) is 9.59 Å². The number of likely N-dealkylation sites (tertiary alicyclic amines) is 1. The molecule has 0 bridgehead atoms. The van der Waals surface area contributed by atoms with Crippen LogP contribution in [0.25, 0.3) is 22.2 Å². The highest BCUT2D eigenvalue weighted by molar-refractivity contribution is 6.12. The van der Waals surface area contributed by atoms with Gasteiger partial charge in [-0.1, -0.05) is 18.2 Å². The van der Waals surface area contributed by atoms with Crippen LogP contribution in [0.5, 0.6) is 0 Å². The maximum atomic E-state index is 13.0. The highest BCUT2D eigenvalue weighted by Gasteiger charge is 2.28. The summed E-state index contributed by atoms with van der Waals surface area (Å²) >= 11 is 0. The van der Waals surface area contributed by atoms with Gasteiger partial charge in [-0.25, -0.2) is 4.98 Å². The minimum atomic E-state index is -0.259. The number of aromatic nitrogens is 1. The molecule has 0 aliphatic carbocycles. The number of carbonyl (C=O) groups excluding carboxylic acids is 2. The quantitative estimate of drug-likeness (QED) is 0.360. The third kappa shape index (κ3) is 4.20. The Bertz CT molecular complexity index is 1440. The summed E-state index contributed by atoms with van der Waals surface area (Å²) in [7, 11) is 0. The number of hydrogen-bond acceptors (Lipinski definition) is 6. The zero-order valence-corrected chi connectivity index (χ0v) is 19.8. The van der Waals surface area contributed by atoms with Gasteiger partial charge in [0.05, 0.1) is 11.3 Å². The Balaban J connectivity index is 1.20. The number of benzene rings is 3. The summed E-state index contributed by atoms with van der Waals surface area (Å²) in [5, 5.41) is 9.25. The van der Waals surface area contributed by atoms with Crippen LogP contribution in [-0.4, -0.2) is 47.9 Å². The van der Waals surface area contributed by atoms with Crippen molar-refractivity contribution in [2.45, 2.75) is 19.4 Å². The Hall–Kier alpha value is -4.17. The first-order chi connectivity index (χ1) is 17.7. The third-order valence-corrected chi connectivity index (χ3v) is 6.96. The number of para-hydroxylation sites is 1. The zero-order valence-electron chi connectivity index (χ0n) is 19.8. The van der Waals surface area contributed by atoms with Crippen LogP contribution in [0, 0.1) is 0 Å². The molecule has 2 aliphatic heterocycles. The summed E-state index contributed by atoms with van der Waals surface area (Å²) in [6.45, 7) is 4.64. The predicted molar refractivity (Wildman–Crippen MR) is 139 cm³/mol. The Labute approximate surface area is 208 Å². The molecule has 36 heavy (non-hydrogen) atoms. The van der Waals surface area contributed by atoms with Gasteiger partial charge in [-0.05, 0) is 73.5 Å². The van der Waals surface area contributed by atoms with Gasteiger partial charge in [0.25, 0.3) is 11.8 Å². The standard InChI is InChI=1S/C28H27N5O3/c34-27(18-6-8-19(9-7-18)29-12-15-33-13-1-2-14-33)32-23-11-10-20(22-16-30-28(35)25(22)23)21-4-3-5-24-26(21)36-17-31-24/h3-11,17,29H,1-2,12-16H2,(H,30,35)(H,32,34). The van der Waals surface area contributed by atoms with E-state index < -0.39 is 0 Å². The number of nitrogens with zero attached hydrogens (tertiary/aromatic N) is 2. The largest absolute Gasteiger partial charge is 0.443 e. The average Bonchev–Trinajstić information content (AvgIpc) is 3.66. The van der Waals surface area contributed by atoms with Crippen molar-refractivity contribution >= 4 is 34.3 Å². The van der Waals surface area contributed by atoms with E-state index in [4.69, 9.17) is 4.42 Å². The van der Waals surface area contributed by atoms with Crippen molar-refractivity contribution in [1.82, 2.24) is 15.2 Å². The number of fused-ring (bicyclic) bond motifs is 2. The molecule has 6 rings (SSSR count). The molecular formula is C28H27N5O3. The molecule has 0 spiro atoms. The van der Waals surface area contributed by atoms with E-state index in [1.807, 2.05) is 36.4 Å². The Morgan fingerprint density at radius 1 is 1.03 bits per heavy atom. The van der Waals surface area contributed by atoms with Crippen LogP contribution < -0.4 is 16.0 Å². The molecule has 2 amide bonds. The van der Waals surface area contributed by atoms with Gasteiger partial charge in [0.1, 0.15) is 5.52 Å². The van der Waals surface area contributed by atoms with E-state index in [1.165, 1.54) is 32.3 Å². The highest BCUT2D eigenvalue weighted by atomic mass is 16.3. The summed E-state index contributed by atoms with van der Waals surface area (Å²) in [5.41, 5.74) is 6.49. The number of carbonyl (C=O) groups is 2. The first kappa shape index (κ1) is 22.3. The minimum absolute atomic E-state index is 0.204. The van der Waals surface area contributed by atoms with E-state index in [0.717, 1.165) is 41.0 Å². The highest BCUT2D eigenvalue weighted by Crippen LogP contribution is 2.37. The number of nitrogens with one attached hydrogen (secondary N) is 3. The molecule has 3 heterocycles. The van der Waals surface area contributed by atoms with Gasteiger partial charge in [0, 0.05) is 36.4 Å². The SMILES string of the molecule is O=C(Nc1ccc(-c2cccc3ncoc23)c2c1C(=O)NC2)c1ccc(NCCN2CCCC2)cc1. The van der Waals surface area contributed by atoms with Crippen molar-refractivity contribution in [3.05, 3.63) is 77.7 Å². The first-order valence-corrected chi connectivity index (χ1v) is 12.3. The van der Waals surface area contributed by atoms with E-state index >= 15 is 0 Å². The van der Waals surface area contributed by atoms with Gasteiger partial charge < -0.3 is 25.3 Å². The van der Waals surface area contributed by atoms with Crippen molar-refractivity contribution in [2.75, 3.05) is 36.8 Å². The summed E-state index contributed by atoms with van der Waals surface area (Å²) in [5.74, 6) is -0.463. The molecule has 8 nitrogen and oxygen atoms in total. The molecule has 0 saturated carbocycles. The molecule has 8 heteroatoms. The molecule has 1 saturated heterocycles. The van der Waals surface area contributed by atoms with Crippen LogP contribution in [0.15, 0.2) is 65.4 Å². The Morgan fingerprint density at radius 2 is 1.86 bits per heavy atom. The lowest BCUT2D eigenvalue weighted by molar-refractivity contribution is 0.0966. The van der Waals surface area contributed by atoms with Crippen molar-refractivity contribution in [2.24, 2.45) is 0 Å². The lowest BCUT2D eigenvalue weighted by Gasteiger charge is -2.15. The number of oxazole rings is 1. The lowest BCUT2D eigenvalue weighted by atomic mass is 9.95. The van der Waals surface area contributed by atoms with Crippen molar-refractivity contribution in [3.8, 4) is 11.1 Å². The fourth-order valence-electron chi connectivity index (χ4n) is 5.10. The molecule has 0 unspecified atom stereocenters. The average molecular weight is 482 g/mol. The number of rotatable bonds is 7. The number of hydrogen-bond donors (Lipinski definition) is 3. The van der Waals surface area contributed by atoms with Crippen molar-refractivity contribution in [3.63, 3.8) is 0 Å². The fraction of sp³-hybridized carbons (Fsp3) is 0.250. The zero-order chi connectivity index (χ0) is 24.5. The van der Waals surface area contributed by atoms with Crippen LogP contribution in [0.4, 0.5) is 11.4 Å². The smallest absolute Gasteiger partial charge is 0.255 e. The summed E-state index contributed by atoms with van der Waals surface area (Å²) in [6.07, 6.45) is 3.99. The molecule has 4 aromatic rings. The molecule has 0 atom stereocenters. The van der Waals surface area contributed by atoms with Gasteiger partial charge in [0.2, 0.25) is 0 Å². The van der Waals surface area contributed by atoms with Crippen molar-refractivity contribution in [1.29, 1.82) is 0 Å². The maximum absolute atomic E-state index is 13.0. The van der Waals surface area contributed by atoms with Crippen LogP contribution in [0.3, 0.4) is 0 Å². The second kappa shape index (κ2) is 9.47. The van der Waals surface area contributed by atoms with Gasteiger partial charge in [-0.15, -0.1) is 0 Å². The van der Waals surface area contributed by atoms with E-state index in [9.17, 15) is 9.59 Å². The molecule has 1 aromatic heterocycles. The normalized spacial score (nSPS) is 15.2. The van der Waals surface area contributed by atoms with Crippen molar-refractivity contribution < 1.29 is 14.0 Å². The molecule has 3 N–H and O–H groups in total. The first-order valence-electron chi connectivity index (χ1n) is 12.3. The van der Waals surface area contributed by atoms with Gasteiger partial charge >= 0.3 is 0 Å². The fourth-order valence-corrected chi connectivity index (χ4v) is 5.10. The van der Waals surface area contributed by atoms with Crippen LogP contribution in [0.1, 0.15) is 39.1 Å². The lowest BCUT2D eigenvalue weighted by Crippen LogP contribution is -2.25. The molecule has 0 radical (unpaired) electrons. The van der Waals surface area contributed by atoms with E-state index in [-0.39, 0.29) is 11.8 Å². The second-order valence-corrected chi connectivity index (χ2v) is 9.21. The summed E-state index contributed by atoms with van der Waals surface area (Å²) < 4.78 is 5.61. The van der Waals surface area contributed by atoms with E-state index in [2.05, 4.69) is 25.8 Å². The summed E-state index contributed by atoms with van der Waals surface area (Å²) in [6, 6.07) is 16.9. The second-order valence-electron chi connectivity index (χ2n) is 9.21. The van der Waals surface area contributed by atoms with Crippen LogP contribution in [0.2, 0.25) is 0 Å². The monoisotopic (exact) mass is 481 g/mol. The predicted octanol–water partition coefficient (Wildman–Crippen LogP) is 4.50. The van der Waals surface area contributed by atoms with E-state index in [0.29, 0.717) is 28.9 Å². The topological polar surface area (TPSA) is 99.5 Å². The maximum Gasteiger partial charge on any atom is 0.255 e.